The highest BCUT2D eigenvalue weighted by Crippen LogP contribution is 2.23. The van der Waals surface area contributed by atoms with Crippen LogP contribution in [0.3, 0.4) is 0 Å². The Morgan fingerprint density at radius 3 is 2.47 bits per heavy atom. The highest BCUT2D eigenvalue weighted by Gasteiger charge is 2.24. The van der Waals surface area contributed by atoms with E-state index < -0.39 is 17.7 Å². The number of nitrogens with zero attached hydrogens (tertiary/aromatic N) is 4. The first-order valence-corrected chi connectivity index (χ1v) is 10.3. The zero-order chi connectivity index (χ0) is 22.8. The number of carbonyl (C=O) groups excluding carboxylic acids is 1. The van der Waals surface area contributed by atoms with Crippen LogP contribution in [-0.2, 0) is 13.0 Å². The normalized spacial score (nSPS) is 13.8. The summed E-state index contributed by atoms with van der Waals surface area (Å²) in [6, 6.07) is 6.08. The number of rotatable bonds is 5. The third kappa shape index (κ3) is 5.44. The van der Waals surface area contributed by atoms with Gasteiger partial charge in [0.25, 0.3) is 11.5 Å². The first-order valence-electron chi connectivity index (χ1n) is 10.3. The summed E-state index contributed by atoms with van der Waals surface area (Å²) >= 11 is 0. The number of aromatic nitrogens is 3. The molecule has 3 heterocycles. The fourth-order valence-electron chi connectivity index (χ4n) is 3.87. The second kappa shape index (κ2) is 11.5. The molecule has 184 valence electrons. The SMILES string of the molecule is CCc1nc2ccc(CN3CCN(c4ccc(F)nc4C(=O)NN)CC3)c(F)c2[nH]c1=O.Cl.Cl. The highest BCUT2D eigenvalue weighted by molar-refractivity contribution is 5.97. The molecule has 1 fully saturated rings. The Labute approximate surface area is 206 Å². The number of hydrogen-bond donors (Lipinski definition) is 3. The van der Waals surface area contributed by atoms with Gasteiger partial charge in [-0.2, -0.15) is 4.39 Å². The van der Waals surface area contributed by atoms with E-state index in [4.69, 9.17) is 5.84 Å². The molecular formula is C21H25Cl2F2N7O2. The van der Waals surface area contributed by atoms with Crippen LogP contribution >= 0.6 is 24.8 Å². The molecule has 1 aliphatic rings. The van der Waals surface area contributed by atoms with Gasteiger partial charge in [0.1, 0.15) is 11.2 Å². The number of piperazine rings is 1. The van der Waals surface area contributed by atoms with E-state index in [1.54, 1.807) is 12.1 Å². The van der Waals surface area contributed by atoms with Crippen molar-refractivity contribution in [2.75, 3.05) is 31.1 Å². The Morgan fingerprint density at radius 2 is 1.82 bits per heavy atom. The molecule has 1 aliphatic heterocycles. The molecule has 0 atom stereocenters. The standard InChI is InChI=1S/C21H23F2N7O2.2ClH/c1-2-13-20(31)27-18-14(25-13)4-3-12(17(18)23)11-29-7-9-30(10-8-29)15-5-6-16(22)26-19(15)21(32)28-24;;/h3-6H,2,7-11,24H2,1H3,(H,27,31)(H,28,32);2*1H. The van der Waals surface area contributed by atoms with Gasteiger partial charge in [-0.25, -0.2) is 20.2 Å². The zero-order valence-electron chi connectivity index (χ0n) is 18.3. The van der Waals surface area contributed by atoms with Crippen molar-refractivity contribution in [1.82, 2.24) is 25.3 Å². The molecule has 0 bridgehead atoms. The van der Waals surface area contributed by atoms with Crippen LogP contribution in [0.2, 0.25) is 0 Å². The van der Waals surface area contributed by atoms with Crippen molar-refractivity contribution in [3.8, 4) is 0 Å². The number of nitrogens with one attached hydrogen (secondary N) is 2. The van der Waals surface area contributed by atoms with E-state index in [9.17, 15) is 14.0 Å². The molecule has 3 aromatic rings. The number of nitrogens with two attached hydrogens (primary N) is 1. The van der Waals surface area contributed by atoms with Crippen molar-refractivity contribution in [2.24, 2.45) is 5.84 Å². The number of amides is 1. The monoisotopic (exact) mass is 515 g/mol. The number of aryl methyl sites for hydroxylation is 1. The molecule has 2 aromatic heterocycles. The third-order valence-electron chi connectivity index (χ3n) is 5.58. The van der Waals surface area contributed by atoms with Crippen molar-refractivity contribution < 1.29 is 13.6 Å². The number of nitrogen functional groups attached to an aromatic ring is 1. The Morgan fingerprint density at radius 1 is 1.12 bits per heavy atom. The van der Waals surface area contributed by atoms with Crippen molar-refractivity contribution in [1.29, 1.82) is 0 Å². The highest BCUT2D eigenvalue weighted by atomic mass is 35.5. The fourth-order valence-corrected chi connectivity index (χ4v) is 3.87. The van der Waals surface area contributed by atoms with Crippen LogP contribution in [0.1, 0.15) is 28.7 Å². The van der Waals surface area contributed by atoms with Gasteiger partial charge in [-0.15, -0.1) is 24.8 Å². The molecule has 0 aliphatic carbocycles. The first kappa shape index (κ1) is 27.4. The minimum absolute atomic E-state index is 0. The van der Waals surface area contributed by atoms with Crippen molar-refractivity contribution >= 4 is 47.4 Å². The number of fused-ring (bicyclic) bond motifs is 1. The molecule has 0 radical (unpaired) electrons. The number of halogens is 4. The van der Waals surface area contributed by atoms with Crippen LogP contribution in [0.25, 0.3) is 11.0 Å². The predicted octanol–water partition coefficient (Wildman–Crippen LogP) is 1.93. The Bertz CT molecular complexity index is 1230. The summed E-state index contributed by atoms with van der Waals surface area (Å²) in [5, 5.41) is 0. The Balaban J connectivity index is 0.00000204. The number of anilines is 1. The van der Waals surface area contributed by atoms with E-state index in [0.29, 0.717) is 61.6 Å². The predicted molar refractivity (Wildman–Crippen MR) is 130 cm³/mol. The summed E-state index contributed by atoms with van der Waals surface area (Å²) in [5.41, 5.74) is 3.37. The number of benzene rings is 1. The van der Waals surface area contributed by atoms with Crippen molar-refractivity contribution in [3.63, 3.8) is 0 Å². The summed E-state index contributed by atoms with van der Waals surface area (Å²) in [6.07, 6.45) is 0.469. The molecule has 0 spiro atoms. The van der Waals surface area contributed by atoms with E-state index in [-0.39, 0.29) is 41.6 Å². The lowest BCUT2D eigenvalue weighted by Crippen LogP contribution is -2.47. The molecule has 1 saturated heterocycles. The lowest BCUT2D eigenvalue weighted by molar-refractivity contribution is 0.0948. The minimum Gasteiger partial charge on any atom is -0.367 e. The molecule has 4 N–H and O–H groups in total. The topological polar surface area (TPSA) is 120 Å². The molecular weight excluding hydrogens is 491 g/mol. The summed E-state index contributed by atoms with van der Waals surface area (Å²) in [7, 11) is 0. The average molecular weight is 516 g/mol. The second-order valence-electron chi connectivity index (χ2n) is 7.54. The van der Waals surface area contributed by atoms with Gasteiger partial charge in [0.2, 0.25) is 5.95 Å². The molecule has 4 rings (SSSR count). The van der Waals surface area contributed by atoms with Crippen LogP contribution in [0.5, 0.6) is 0 Å². The van der Waals surface area contributed by atoms with Crippen molar-refractivity contribution in [3.05, 3.63) is 63.3 Å². The maximum absolute atomic E-state index is 15.1. The van der Waals surface area contributed by atoms with Gasteiger partial charge in [-0.1, -0.05) is 13.0 Å². The average Bonchev–Trinajstić information content (AvgIpc) is 2.81. The van der Waals surface area contributed by atoms with Gasteiger partial charge in [-0.3, -0.25) is 19.9 Å². The van der Waals surface area contributed by atoms with Crippen LogP contribution in [0.4, 0.5) is 14.5 Å². The Kier molecular flexibility index (Phi) is 9.28. The molecule has 34 heavy (non-hydrogen) atoms. The van der Waals surface area contributed by atoms with E-state index in [2.05, 4.69) is 19.9 Å². The summed E-state index contributed by atoms with van der Waals surface area (Å²) < 4.78 is 28.6. The second-order valence-corrected chi connectivity index (χ2v) is 7.54. The summed E-state index contributed by atoms with van der Waals surface area (Å²) in [6.45, 7) is 4.41. The minimum atomic E-state index is -0.767. The fraction of sp³-hybridized carbons (Fsp3) is 0.333. The van der Waals surface area contributed by atoms with Gasteiger partial charge >= 0.3 is 0 Å². The van der Waals surface area contributed by atoms with Crippen LogP contribution < -0.4 is 21.7 Å². The van der Waals surface area contributed by atoms with Gasteiger partial charge in [-0.05, 0) is 24.6 Å². The van der Waals surface area contributed by atoms with Crippen LogP contribution in [-0.4, -0.2) is 51.9 Å². The zero-order valence-corrected chi connectivity index (χ0v) is 19.9. The van der Waals surface area contributed by atoms with E-state index in [1.165, 1.54) is 12.1 Å². The number of aromatic amines is 1. The Hall–Kier alpha value is -2.86. The van der Waals surface area contributed by atoms with Gasteiger partial charge in [0, 0.05) is 38.3 Å². The van der Waals surface area contributed by atoms with E-state index in [0.717, 1.165) is 0 Å². The molecule has 9 nitrogen and oxygen atoms in total. The maximum atomic E-state index is 15.1. The number of pyridine rings is 1. The van der Waals surface area contributed by atoms with Crippen LogP contribution in [0.15, 0.2) is 29.1 Å². The largest absolute Gasteiger partial charge is 0.367 e. The van der Waals surface area contributed by atoms with Crippen molar-refractivity contribution in [2.45, 2.75) is 19.9 Å². The first-order chi connectivity index (χ1) is 15.4. The smallest absolute Gasteiger partial charge is 0.286 e. The number of hydrogen-bond acceptors (Lipinski definition) is 7. The van der Waals surface area contributed by atoms with Gasteiger partial charge in [0.15, 0.2) is 11.5 Å². The molecule has 13 heteroatoms. The third-order valence-corrected chi connectivity index (χ3v) is 5.58. The number of carbonyl (C=O) groups is 1. The molecule has 0 unspecified atom stereocenters. The summed E-state index contributed by atoms with van der Waals surface area (Å²) in [5.74, 6) is 3.26. The number of H-pyrrole nitrogens is 1. The lowest BCUT2D eigenvalue weighted by atomic mass is 10.1. The van der Waals surface area contributed by atoms with Crippen LogP contribution in [0, 0.1) is 11.8 Å². The summed E-state index contributed by atoms with van der Waals surface area (Å²) in [4.78, 5) is 38.5. The lowest BCUT2D eigenvalue weighted by Gasteiger charge is -2.36. The quantitative estimate of drug-likeness (QED) is 0.205. The number of hydrazine groups is 1. The molecule has 1 amide bonds. The van der Waals surface area contributed by atoms with E-state index in [1.807, 2.05) is 17.2 Å². The maximum Gasteiger partial charge on any atom is 0.286 e. The molecule has 1 aromatic carbocycles. The van der Waals surface area contributed by atoms with E-state index >= 15 is 4.39 Å². The molecule has 0 saturated carbocycles. The van der Waals surface area contributed by atoms with Gasteiger partial charge < -0.3 is 9.88 Å². The van der Waals surface area contributed by atoms with Gasteiger partial charge in [0.05, 0.1) is 11.2 Å².